The minimum atomic E-state index is -0.222. The molecule has 2 atom stereocenters. The van der Waals surface area contributed by atoms with Crippen LogP contribution < -0.4 is 10.5 Å². The third-order valence-corrected chi connectivity index (χ3v) is 6.75. The largest absolute Gasteiger partial charge is 0.383 e. The van der Waals surface area contributed by atoms with Crippen molar-refractivity contribution in [2.75, 3.05) is 38.3 Å². The molecular weight excluding hydrogens is 448 g/mol. The van der Waals surface area contributed by atoms with Gasteiger partial charge in [-0.2, -0.15) is 0 Å². The van der Waals surface area contributed by atoms with E-state index in [0.29, 0.717) is 52.5 Å². The number of rotatable bonds is 5. The summed E-state index contributed by atoms with van der Waals surface area (Å²) >= 11 is 6.58. The molecule has 10 heteroatoms. The lowest BCUT2D eigenvalue weighted by atomic mass is 10.1. The second kappa shape index (κ2) is 9.30. The second-order valence-electron chi connectivity index (χ2n) is 8.08. The van der Waals surface area contributed by atoms with E-state index in [9.17, 15) is 9.59 Å². The van der Waals surface area contributed by atoms with Crippen LogP contribution in [0.2, 0.25) is 0 Å². The van der Waals surface area contributed by atoms with Crippen LogP contribution in [0, 0.1) is 6.92 Å². The number of hydrogen-bond donors (Lipinski definition) is 0. The number of hydrogen-bond acceptors (Lipinski definition) is 8. The lowest BCUT2D eigenvalue weighted by Gasteiger charge is -2.36. The first kappa shape index (κ1) is 22.9. The summed E-state index contributed by atoms with van der Waals surface area (Å²) in [7, 11) is 1.58. The van der Waals surface area contributed by atoms with E-state index < -0.39 is 0 Å². The molecule has 0 aliphatic carbocycles. The number of aromatic nitrogens is 2. The van der Waals surface area contributed by atoms with Crippen LogP contribution in [0.5, 0.6) is 0 Å². The van der Waals surface area contributed by atoms with Gasteiger partial charge < -0.3 is 14.4 Å². The van der Waals surface area contributed by atoms with Crippen LogP contribution in [0.4, 0.5) is 5.82 Å². The molecule has 2 fully saturated rings. The predicted octanol–water partition coefficient (Wildman–Crippen LogP) is 2.46. The van der Waals surface area contributed by atoms with Crippen molar-refractivity contribution in [1.82, 2.24) is 14.3 Å². The van der Waals surface area contributed by atoms with E-state index in [-0.39, 0.29) is 23.7 Å². The minimum absolute atomic E-state index is 0.00266. The van der Waals surface area contributed by atoms with E-state index in [4.69, 9.17) is 26.7 Å². The van der Waals surface area contributed by atoms with Crippen molar-refractivity contribution in [3.8, 4) is 0 Å². The molecule has 1 amide bonds. The van der Waals surface area contributed by atoms with Crippen LogP contribution in [0.15, 0.2) is 28.0 Å². The zero-order valence-electron chi connectivity index (χ0n) is 18.5. The summed E-state index contributed by atoms with van der Waals surface area (Å²) in [5, 5.41) is 0. The lowest BCUT2D eigenvalue weighted by molar-refractivity contribution is -0.122. The molecule has 0 spiro atoms. The average Bonchev–Trinajstić information content (AvgIpc) is 3.00. The molecule has 2 aromatic heterocycles. The maximum Gasteiger partial charge on any atom is 0.267 e. The fourth-order valence-corrected chi connectivity index (χ4v) is 5.26. The van der Waals surface area contributed by atoms with Crippen molar-refractivity contribution in [1.29, 1.82) is 0 Å². The predicted molar refractivity (Wildman–Crippen MR) is 130 cm³/mol. The molecule has 0 aromatic carbocycles. The van der Waals surface area contributed by atoms with E-state index in [2.05, 4.69) is 4.90 Å². The fraction of sp³-hybridized carbons (Fsp3) is 0.455. The molecule has 4 rings (SSSR count). The molecule has 170 valence electrons. The number of pyridine rings is 1. The van der Waals surface area contributed by atoms with E-state index in [1.165, 1.54) is 21.1 Å². The topological polar surface area (TPSA) is 76.4 Å². The van der Waals surface area contributed by atoms with Crippen molar-refractivity contribution in [3.63, 3.8) is 0 Å². The average molecular weight is 475 g/mol. The second-order valence-corrected chi connectivity index (χ2v) is 9.75. The number of anilines is 1. The molecule has 0 bridgehead atoms. The molecule has 0 radical (unpaired) electrons. The molecule has 2 aromatic rings. The maximum absolute atomic E-state index is 13.6. The Bertz CT molecular complexity index is 1150. The van der Waals surface area contributed by atoms with Gasteiger partial charge in [0.05, 0.1) is 35.8 Å². The number of aryl methyl sites for hydroxylation is 1. The van der Waals surface area contributed by atoms with Gasteiger partial charge in [-0.05, 0) is 38.5 Å². The third-order valence-electron chi connectivity index (χ3n) is 5.37. The Morgan fingerprint density at radius 3 is 2.69 bits per heavy atom. The summed E-state index contributed by atoms with van der Waals surface area (Å²) in [6, 6.07) is 3.76. The van der Waals surface area contributed by atoms with Gasteiger partial charge >= 0.3 is 0 Å². The zero-order chi connectivity index (χ0) is 23.0. The van der Waals surface area contributed by atoms with E-state index >= 15 is 0 Å². The van der Waals surface area contributed by atoms with Gasteiger partial charge in [-0.15, -0.1) is 0 Å². The number of carbonyl (C=O) groups excluding carboxylic acids is 1. The number of morpholine rings is 1. The Kier molecular flexibility index (Phi) is 6.66. The van der Waals surface area contributed by atoms with Crippen molar-refractivity contribution in [3.05, 3.63) is 44.7 Å². The smallest absolute Gasteiger partial charge is 0.267 e. The number of thioether (sulfide) groups is 1. The summed E-state index contributed by atoms with van der Waals surface area (Å²) in [6.07, 6.45) is 3.39. The molecule has 2 aliphatic rings. The Labute approximate surface area is 196 Å². The monoisotopic (exact) mass is 474 g/mol. The quantitative estimate of drug-likeness (QED) is 0.483. The van der Waals surface area contributed by atoms with Gasteiger partial charge in [-0.1, -0.05) is 30.0 Å². The van der Waals surface area contributed by atoms with E-state index in [1.54, 1.807) is 19.4 Å². The molecule has 2 unspecified atom stereocenters. The third kappa shape index (κ3) is 4.45. The molecular formula is C22H26N4O4S2. The van der Waals surface area contributed by atoms with Gasteiger partial charge in [-0.3, -0.25) is 18.9 Å². The summed E-state index contributed by atoms with van der Waals surface area (Å²) in [6.45, 7) is 7.89. The minimum Gasteiger partial charge on any atom is -0.383 e. The highest BCUT2D eigenvalue weighted by Gasteiger charge is 2.33. The lowest BCUT2D eigenvalue weighted by Crippen LogP contribution is -2.46. The van der Waals surface area contributed by atoms with Crippen molar-refractivity contribution < 1.29 is 14.3 Å². The highest BCUT2D eigenvalue weighted by Crippen LogP contribution is 2.33. The Balaban J connectivity index is 1.84. The number of amides is 1. The first-order chi connectivity index (χ1) is 15.3. The van der Waals surface area contributed by atoms with Crippen molar-refractivity contribution in [2.45, 2.75) is 33.0 Å². The first-order valence-electron chi connectivity index (χ1n) is 10.5. The SMILES string of the molecule is COCCN1C(=O)C(=Cc2c(N3CC(C)OC(C)C3)nc3ccc(C)cn3c2=O)SC1=S. The van der Waals surface area contributed by atoms with Crippen LogP contribution >= 0.6 is 24.0 Å². The van der Waals surface area contributed by atoms with Gasteiger partial charge in [0.15, 0.2) is 0 Å². The number of thiocarbonyl (C=S) groups is 1. The van der Waals surface area contributed by atoms with Crippen LogP contribution in [0.3, 0.4) is 0 Å². The molecule has 32 heavy (non-hydrogen) atoms. The Hall–Kier alpha value is -2.27. The molecule has 0 saturated carbocycles. The van der Waals surface area contributed by atoms with Crippen LogP contribution in [-0.2, 0) is 14.3 Å². The van der Waals surface area contributed by atoms with E-state index in [0.717, 1.165) is 5.56 Å². The van der Waals surface area contributed by atoms with Crippen molar-refractivity contribution >= 4 is 51.7 Å². The standard InChI is InChI=1S/C22H26N4O4S2/c1-13-5-6-18-23-19(24-11-14(2)30-15(3)12-24)16(20(27)26(18)10-13)9-17-21(28)25(7-8-29-4)22(31)32-17/h5-6,9-10,14-15H,7-8,11-12H2,1-4H3. The van der Waals surface area contributed by atoms with Gasteiger partial charge in [0.2, 0.25) is 0 Å². The van der Waals surface area contributed by atoms with Crippen LogP contribution in [0.1, 0.15) is 25.0 Å². The highest BCUT2D eigenvalue weighted by molar-refractivity contribution is 8.26. The highest BCUT2D eigenvalue weighted by atomic mass is 32.2. The van der Waals surface area contributed by atoms with Crippen LogP contribution in [0.25, 0.3) is 11.7 Å². The van der Waals surface area contributed by atoms with Gasteiger partial charge in [0.1, 0.15) is 15.8 Å². The van der Waals surface area contributed by atoms with Crippen molar-refractivity contribution in [2.24, 2.45) is 0 Å². The molecule has 8 nitrogen and oxygen atoms in total. The number of methoxy groups -OCH3 is 1. The van der Waals surface area contributed by atoms with Gasteiger partial charge in [-0.25, -0.2) is 4.98 Å². The molecule has 2 saturated heterocycles. The first-order valence-corrected chi connectivity index (χ1v) is 11.7. The number of fused-ring (bicyclic) bond motifs is 1. The fourth-order valence-electron chi connectivity index (χ4n) is 3.97. The summed E-state index contributed by atoms with van der Waals surface area (Å²) in [4.78, 5) is 35.4. The molecule has 4 heterocycles. The van der Waals surface area contributed by atoms with Gasteiger partial charge in [0.25, 0.3) is 11.5 Å². The summed E-state index contributed by atoms with van der Waals surface area (Å²) < 4.78 is 12.9. The number of ether oxygens (including phenoxy) is 2. The zero-order valence-corrected chi connectivity index (χ0v) is 20.2. The maximum atomic E-state index is 13.6. The summed E-state index contributed by atoms with van der Waals surface area (Å²) in [5.41, 5.74) is 1.66. The van der Waals surface area contributed by atoms with E-state index in [1.807, 2.05) is 32.9 Å². The molecule has 2 aliphatic heterocycles. The van der Waals surface area contributed by atoms with Gasteiger partial charge in [0, 0.05) is 26.4 Å². The number of nitrogens with zero attached hydrogens (tertiary/aromatic N) is 4. The Morgan fingerprint density at radius 1 is 1.28 bits per heavy atom. The molecule has 0 N–H and O–H groups in total. The normalized spacial score (nSPS) is 23.1. The summed E-state index contributed by atoms with van der Waals surface area (Å²) in [5.74, 6) is 0.337. The van der Waals surface area contributed by atoms with Crippen LogP contribution in [-0.4, -0.2) is 70.1 Å². The number of carbonyl (C=O) groups is 1. The Morgan fingerprint density at radius 2 is 2.00 bits per heavy atom.